The molecule has 0 atom stereocenters. The Bertz CT molecular complexity index is 3270. The third-order valence-corrected chi connectivity index (χ3v) is 15.4. The Kier molecular flexibility index (Phi) is 30.5. The van der Waals surface area contributed by atoms with Gasteiger partial charge in [0, 0.05) is 5.56 Å². The molecule has 14 nitrogen and oxygen atoms in total. The van der Waals surface area contributed by atoms with Gasteiger partial charge in [0.05, 0.1) is 54.2 Å². The second-order valence-corrected chi connectivity index (χ2v) is 22.7. The van der Waals surface area contributed by atoms with Crippen molar-refractivity contribution in [3.05, 3.63) is 197 Å². The maximum absolute atomic E-state index is 13.2. The van der Waals surface area contributed by atoms with Gasteiger partial charge in [0.1, 0.15) is 51.7 Å². The zero-order valence-electron chi connectivity index (χ0n) is 53.4. The number of rotatable bonds is 42. The van der Waals surface area contributed by atoms with Crippen LogP contribution >= 0.6 is 0 Å². The number of ether oxygens (including phenoxy) is 9. The van der Waals surface area contributed by atoms with Crippen LogP contribution in [0.5, 0.6) is 51.7 Å². The van der Waals surface area contributed by atoms with Crippen LogP contribution in [0.1, 0.15) is 219 Å². The monoisotopic (exact) mass is 1240 g/mol. The first kappa shape index (κ1) is 69.6. The summed E-state index contributed by atoms with van der Waals surface area (Å²) >= 11 is 0. The Hall–Kier alpha value is -8.91. The molecule has 7 rings (SSSR count). The predicted octanol–water partition coefficient (Wildman–Crippen LogP) is 19.3. The summed E-state index contributed by atoms with van der Waals surface area (Å²) in [6.07, 6.45) is 27.1. The van der Waals surface area contributed by atoms with E-state index in [4.69, 9.17) is 42.6 Å². The van der Waals surface area contributed by atoms with E-state index in [9.17, 15) is 24.0 Å². The van der Waals surface area contributed by atoms with Crippen molar-refractivity contribution in [2.45, 2.75) is 168 Å². The van der Waals surface area contributed by atoms with Crippen LogP contribution < -0.4 is 42.6 Å². The Morgan fingerprint density at radius 1 is 0.242 bits per heavy atom. The SMILES string of the molecule is CCCCCCCCCCCCOc1ccc(C(=O)Oc2ccc(C(=O)Oc3cccc(OC(=O)c4ccc(OC(=O)c5ccc(OCCCCCCCCCCCOc6ccc(OC(=O)c7ccc(OCCCCCC)cc7)cc6)cc5)cc4)c3C)cc2)cc1. The molecule has 0 radical (unpaired) electrons. The van der Waals surface area contributed by atoms with Gasteiger partial charge in [-0.05, 0) is 190 Å². The van der Waals surface area contributed by atoms with Crippen LogP contribution in [-0.2, 0) is 0 Å². The van der Waals surface area contributed by atoms with E-state index in [1.807, 2.05) is 12.1 Å². The van der Waals surface area contributed by atoms with Crippen molar-refractivity contribution in [3.8, 4) is 51.7 Å². The second-order valence-electron chi connectivity index (χ2n) is 22.7. The fraction of sp³-hybridized carbons (Fsp3) is 0.390. The molecule has 0 saturated heterocycles. The van der Waals surface area contributed by atoms with Crippen LogP contribution in [0.4, 0.5) is 0 Å². The summed E-state index contributed by atoms with van der Waals surface area (Å²) < 4.78 is 51.6. The fourth-order valence-electron chi connectivity index (χ4n) is 9.93. The van der Waals surface area contributed by atoms with Gasteiger partial charge in [-0.25, -0.2) is 24.0 Å². The highest BCUT2D eigenvalue weighted by Crippen LogP contribution is 2.30. The predicted molar refractivity (Wildman–Crippen MR) is 354 cm³/mol. The number of hydrogen-bond donors (Lipinski definition) is 0. The minimum absolute atomic E-state index is 0.189. The highest BCUT2D eigenvalue weighted by molar-refractivity contribution is 5.94. The Labute approximate surface area is 537 Å². The molecule has 0 fully saturated rings. The Morgan fingerprint density at radius 2 is 0.440 bits per heavy atom. The molecule has 0 spiro atoms. The first-order chi connectivity index (χ1) is 44.5. The minimum atomic E-state index is -0.666. The largest absolute Gasteiger partial charge is 0.494 e. The minimum Gasteiger partial charge on any atom is -0.494 e. The third kappa shape index (κ3) is 25.5. The van der Waals surface area contributed by atoms with Crippen LogP contribution in [0.3, 0.4) is 0 Å². The van der Waals surface area contributed by atoms with E-state index in [-0.39, 0.29) is 34.1 Å². The van der Waals surface area contributed by atoms with Crippen LogP contribution in [0.15, 0.2) is 164 Å². The molecule has 91 heavy (non-hydrogen) atoms. The number of unbranched alkanes of at least 4 members (excludes halogenated alkanes) is 20. The molecule has 14 heteroatoms. The molecule has 0 amide bonds. The lowest BCUT2D eigenvalue weighted by Crippen LogP contribution is -2.12. The molecule has 0 aliphatic heterocycles. The maximum atomic E-state index is 13.2. The zero-order chi connectivity index (χ0) is 64.1. The lowest BCUT2D eigenvalue weighted by atomic mass is 10.1. The van der Waals surface area contributed by atoms with Gasteiger partial charge in [-0.2, -0.15) is 0 Å². The van der Waals surface area contributed by atoms with Crippen molar-refractivity contribution >= 4 is 29.8 Å². The summed E-state index contributed by atoms with van der Waals surface area (Å²) in [6, 6.07) is 44.6. The summed E-state index contributed by atoms with van der Waals surface area (Å²) in [5, 5.41) is 0. The molecule has 0 aromatic heterocycles. The van der Waals surface area contributed by atoms with Gasteiger partial charge in [0.25, 0.3) is 0 Å². The van der Waals surface area contributed by atoms with Crippen LogP contribution in [0.2, 0.25) is 0 Å². The van der Waals surface area contributed by atoms with Crippen LogP contribution in [0.25, 0.3) is 0 Å². The number of carbonyl (C=O) groups excluding carboxylic acids is 5. The van der Waals surface area contributed by atoms with E-state index in [2.05, 4.69) is 13.8 Å². The number of hydrogen-bond acceptors (Lipinski definition) is 14. The molecular formula is C77H90O14. The molecule has 0 saturated carbocycles. The molecule has 0 unspecified atom stereocenters. The number of benzene rings is 7. The molecule has 0 bridgehead atoms. The highest BCUT2D eigenvalue weighted by atomic mass is 16.6. The first-order valence-electron chi connectivity index (χ1n) is 32.9. The molecule has 0 N–H and O–H groups in total. The van der Waals surface area contributed by atoms with Gasteiger partial charge >= 0.3 is 29.8 Å². The molecule has 482 valence electrons. The van der Waals surface area contributed by atoms with Crippen LogP contribution in [-0.4, -0.2) is 56.3 Å². The van der Waals surface area contributed by atoms with Crippen molar-refractivity contribution in [1.82, 2.24) is 0 Å². The fourth-order valence-corrected chi connectivity index (χ4v) is 9.93. The Balaban J connectivity index is 0.702. The van der Waals surface area contributed by atoms with Gasteiger partial charge in [-0.15, -0.1) is 0 Å². The third-order valence-electron chi connectivity index (χ3n) is 15.4. The average molecular weight is 1240 g/mol. The molecule has 0 aliphatic rings. The summed E-state index contributed by atoms with van der Waals surface area (Å²) in [5.41, 5.74) is 2.02. The first-order valence-corrected chi connectivity index (χ1v) is 32.9. The molecule has 7 aromatic carbocycles. The smallest absolute Gasteiger partial charge is 0.343 e. The van der Waals surface area contributed by atoms with Crippen molar-refractivity contribution in [2.24, 2.45) is 0 Å². The zero-order valence-corrected chi connectivity index (χ0v) is 53.4. The Morgan fingerprint density at radius 3 is 0.703 bits per heavy atom. The topological polar surface area (TPSA) is 168 Å². The van der Waals surface area contributed by atoms with Gasteiger partial charge in [-0.1, -0.05) is 142 Å². The number of esters is 5. The average Bonchev–Trinajstić information content (AvgIpc) is 1.38. The summed E-state index contributed by atoms with van der Waals surface area (Å²) in [6.45, 7) is 8.62. The molecule has 7 aromatic rings. The van der Waals surface area contributed by atoms with Crippen molar-refractivity contribution in [1.29, 1.82) is 0 Å². The van der Waals surface area contributed by atoms with E-state index in [0.717, 1.165) is 75.7 Å². The number of carbonyl (C=O) groups is 5. The van der Waals surface area contributed by atoms with Gasteiger partial charge in [0.2, 0.25) is 0 Å². The molecular weight excluding hydrogens is 1150 g/mol. The van der Waals surface area contributed by atoms with Crippen molar-refractivity contribution in [2.75, 3.05) is 26.4 Å². The van der Waals surface area contributed by atoms with E-state index >= 15 is 0 Å². The summed E-state index contributed by atoms with van der Waals surface area (Å²) in [7, 11) is 0. The van der Waals surface area contributed by atoms with E-state index in [0.29, 0.717) is 65.9 Å². The second kappa shape index (κ2) is 40.0. The highest BCUT2D eigenvalue weighted by Gasteiger charge is 2.19. The standard InChI is InChI=1S/C77H90O14/c1-4-6-8-10-11-12-14-17-20-24-55-84-65-42-30-59(31-43-65)73(78)87-68-46-36-62(37-47-68)76(81)90-71-28-27-29-72(58(71)3)91-77(82)63-38-48-69(49-39-63)88-74(79)60-32-44-66(45-33-60)85-56-25-21-18-15-13-16-19-22-26-57-86-67-50-52-70(53-51-67)89-75(80)61-34-40-64(41-35-61)83-54-23-9-7-5-2/h27-53H,4-26,54-57H2,1-3H3. The van der Waals surface area contributed by atoms with E-state index < -0.39 is 29.8 Å². The van der Waals surface area contributed by atoms with E-state index in [1.165, 1.54) is 132 Å². The molecule has 0 aliphatic carbocycles. The normalized spacial score (nSPS) is 10.9. The van der Waals surface area contributed by atoms with Crippen molar-refractivity contribution in [3.63, 3.8) is 0 Å². The van der Waals surface area contributed by atoms with Crippen molar-refractivity contribution < 1.29 is 66.6 Å². The van der Waals surface area contributed by atoms with Gasteiger partial charge in [0.15, 0.2) is 0 Å². The van der Waals surface area contributed by atoms with E-state index in [1.54, 1.807) is 110 Å². The quantitative estimate of drug-likeness (QED) is 0.0201. The van der Waals surface area contributed by atoms with Gasteiger partial charge in [-0.3, -0.25) is 0 Å². The maximum Gasteiger partial charge on any atom is 0.343 e. The lowest BCUT2D eigenvalue weighted by molar-refractivity contribution is 0.0718. The lowest BCUT2D eigenvalue weighted by Gasteiger charge is -2.12. The summed E-state index contributed by atoms with van der Waals surface area (Å²) in [5.74, 6) is 1.36. The van der Waals surface area contributed by atoms with Gasteiger partial charge < -0.3 is 42.6 Å². The summed E-state index contributed by atoms with van der Waals surface area (Å²) in [4.78, 5) is 65.0. The molecule has 0 heterocycles. The van der Waals surface area contributed by atoms with Crippen LogP contribution in [0, 0.1) is 6.92 Å².